The molecular formula is C12H25NO. The minimum atomic E-state index is 0.760. The molecule has 0 unspecified atom stereocenters. The highest BCUT2D eigenvalue weighted by atomic mass is 16.5. The third-order valence-corrected chi connectivity index (χ3v) is 3.21. The zero-order valence-corrected chi connectivity index (χ0v) is 9.54. The molecule has 0 bridgehead atoms. The van der Waals surface area contributed by atoms with Gasteiger partial charge in [0.05, 0.1) is 0 Å². The fraction of sp³-hybridized carbons (Fsp3) is 1.00. The molecule has 0 spiro atoms. The van der Waals surface area contributed by atoms with Crippen molar-refractivity contribution in [3.05, 3.63) is 0 Å². The first-order valence-electron chi connectivity index (χ1n) is 6.26. The molecular weight excluding hydrogens is 174 g/mol. The SMILES string of the molecule is CCCCCN(O)CC1CCCCC1. The van der Waals surface area contributed by atoms with Gasteiger partial charge in [-0.2, -0.15) is 5.06 Å². The highest BCUT2D eigenvalue weighted by molar-refractivity contribution is 4.67. The minimum absolute atomic E-state index is 0.760. The highest BCUT2D eigenvalue weighted by Crippen LogP contribution is 2.24. The predicted molar refractivity (Wildman–Crippen MR) is 59.5 cm³/mol. The molecule has 84 valence electrons. The van der Waals surface area contributed by atoms with E-state index in [1.165, 1.54) is 44.9 Å². The Morgan fingerprint density at radius 3 is 2.50 bits per heavy atom. The molecule has 1 rings (SSSR count). The highest BCUT2D eigenvalue weighted by Gasteiger charge is 2.15. The lowest BCUT2D eigenvalue weighted by Gasteiger charge is -2.25. The van der Waals surface area contributed by atoms with Gasteiger partial charge in [0.25, 0.3) is 0 Å². The molecule has 1 aliphatic rings. The van der Waals surface area contributed by atoms with E-state index >= 15 is 0 Å². The molecule has 1 aliphatic carbocycles. The summed E-state index contributed by atoms with van der Waals surface area (Å²) in [7, 11) is 0. The summed E-state index contributed by atoms with van der Waals surface area (Å²) in [6, 6.07) is 0. The molecule has 1 saturated carbocycles. The Labute approximate surface area is 88.3 Å². The molecule has 0 aliphatic heterocycles. The topological polar surface area (TPSA) is 23.5 Å². The van der Waals surface area contributed by atoms with E-state index in [9.17, 15) is 5.21 Å². The molecule has 0 atom stereocenters. The van der Waals surface area contributed by atoms with Crippen molar-refractivity contribution in [2.24, 2.45) is 5.92 Å². The summed E-state index contributed by atoms with van der Waals surface area (Å²) in [5.74, 6) is 0.760. The van der Waals surface area contributed by atoms with Crippen LogP contribution < -0.4 is 0 Å². The molecule has 0 radical (unpaired) electrons. The zero-order chi connectivity index (χ0) is 10.2. The van der Waals surface area contributed by atoms with Crippen LogP contribution in [0.5, 0.6) is 0 Å². The lowest BCUT2D eigenvalue weighted by Crippen LogP contribution is -2.28. The third kappa shape index (κ3) is 4.97. The normalized spacial score (nSPS) is 19.1. The molecule has 0 aromatic carbocycles. The van der Waals surface area contributed by atoms with Crippen molar-refractivity contribution < 1.29 is 5.21 Å². The van der Waals surface area contributed by atoms with Crippen LogP contribution in [-0.2, 0) is 0 Å². The van der Waals surface area contributed by atoms with Crippen LogP contribution in [-0.4, -0.2) is 23.4 Å². The van der Waals surface area contributed by atoms with Gasteiger partial charge in [0.2, 0.25) is 0 Å². The molecule has 1 fully saturated rings. The van der Waals surface area contributed by atoms with Gasteiger partial charge in [-0.3, -0.25) is 0 Å². The van der Waals surface area contributed by atoms with Crippen molar-refractivity contribution in [1.82, 2.24) is 5.06 Å². The van der Waals surface area contributed by atoms with Gasteiger partial charge in [-0.1, -0.05) is 39.0 Å². The van der Waals surface area contributed by atoms with Gasteiger partial charge < -0.3 is 5.21 Å². The van der Waals surface area contributed by atoms with E-state index in [4.69, 9.17) is 0 Å². The maximum absolute atomic E-state index is 9.66. The molecule has 0 aromatic rings. The van der Waals surface area contributed by atoms with Crippen molar-refractivity contribution in [3.8, 4) is 0 Å². The molecule has 0 amide bonds. The van der Waals surface area contributed by atoms with Crippen molar-refractivity contribution in [2.45, 2.75) is 58.3 Å². The maximum atomic E-state index is 9.66. The number of hydroxylamine groups is 2. The summed E-state index contributed by atoms with van der Waals surface area (Å²) < 4.78 is 0. The van der Waals surface area contributed by atoms with E-state index in [0.29, 0.717) is 0 Å². The first kappa shape index (κ1) is 12.0. The summed E-state index contributed by atoms with van der Waals surface area (Å²) >= 11 is 0. The Hall–Kier alpha value is -0.0800. The molecule has 0 saturated heterocycles. The van der Waals surface area contributed by atoms with Gasteiger partial charge in [0.15, 0.2) is 0 Å². The lowest BCUT2D eigenvalue weighted by molar-refractivity contribution is -0.105. The second kappa shape index (κ2) is 7.24. The summed E-state index contributed by atoms with van der Waals surface area (Å²) in [5, 5.41) is 11.2. The van der Waals surface area contributed by atoms with Crippen LogP contribution in [0, 0.1) is 5.92 Å². The monoisotopic (exact) mass is 199 g/mol. The summed E-state index contributed by atoms with van der Waals surface area (Å²) in [6.45, 7) is 3.97. The van der Waals surface area contributed by atoms with Gasteiger partial charge in [-0.15, -0.1) is 0 Å². The summed E-state index contributed by atoms with van der Waals surface area (Å²) in [4.78, 5) is 0. The largest absolute Gasteiger partial charge is 0.314 e. The van der Waals surface area contributed by atoms with E-state index < -0.39 is 0 Å². The van der Waals surface area contributed by atoms with Crippen LogP contribution in [0.1, 0.15) is 58.3 Å². The van der Waals surface area contributed by atoms with Crippen molar-refractivity contribution in [2.75, 3.05) is 13.1 Å². The van der Waals surface area contributed by atoms with Crippen molar-refractivity contribution in [1.29, 1.82) is 0 Å². The van der Waals surface area contributed by atoms with Gasteiger partial charge in [0, 0.05) is 13.1 Å². The van der Waals surface area contributed by atoms with Crippen LogP contribution >= 0.6 is 0 Å². The molecule has 2 nitrogen and oxygen atoms in total. The van der Waals surface area contributed by atoms with Crippen molar-refractivity contribution in [3.63, 3.8) is 0 Å². The average molecular weight is 199 g/mol. The van der Waals surface area contributed by atoms with Gasteiger partial charge >= 0.3 is 0 Å². The Bertz CT molecular complexity index is 132. The van der Waals surface area contributed by atoms with Crippen LogP contribution in [0.4, 0.5) is 0 Å². The summed E-state index contributed by atoms with van der Waals surface area (Å²) in [5.41, 5.74) is 0. The first-order valence-corrected chi connectivity index (χ1v) is 6.26. The molecule has 14 heavy (non-hydrogen) atoms. The van der Waals surface area contributed by atoms with Gasteiger partial charge in [-0.25, -0.2) is 0 Å². The number of hydrogen-bond donors (Lipinski definition) is 1. The summed E-state index contributed by atoms with van der Waals surface area (Å²) in [6.07, 6.45) is 10.4. The number of unbranched alkanes of at least 4 members (excludes halogenated alkanes) is 2. The zero-order valence-electron chi connectivity index (χ0n) is 9.54. The number of rotatable bonds is 6. The van der Waals surface area contributed by atoms with E-state index in [0.717, 1.165) is 25.4 Å². The second-order valence-corrected chi connectivity index (χ2v) is 4.62. The Morgan fingerprint density at radius 2 is 1.86 bits per heavy atom. The number of nitrogens with zero attached hydrogens (tertiary/aromatic N) is 1. The standard InChI is InChI=1S/C12H25NO/c1-2-3-7-10-13(14)11-12-8-5-4-6-9-12/h12,14H,2-11H2,1H3. The number of hydrogen-bond acceptors (Lipinski definition) is 2. The average Bonchev–Trinajstić information content (AvgIpc) is 2.20. The minimum Gasteiger partial charge on any atom is -0.314 e. The maximum Gasteiger partial charge on any atom is 0.0266 e. The van der Waals surface area contributed by atoms with E-state index in [-0.39, 0.29) is 0 Å². The van der Waals surface area contributed by atoms with Crippen molar-refractivity contribution >= 4 is 0 Å². The van der Waals surface area contributed by atoms with Gasteiger partial charge in [-0.05, 0) is 25.2 Å². The van der Waals surface area contributed by atoms with Crippen LogP contribution in [0.3, 0.4) is 0 Å². The Balaban J connectivity index is 2.03. The molecule has 1 N–H and O–H groups in total. The van der Waals surface area contributed by atoms with E-state index in [1.54, 1.807) is 5.06 Å². The van der Waals surface area contributed by atoms with Crippen LogP contribution in [0.25, 0.3) is 0 Å². The molecule has 0 aromatic heterocycles. The molecule has 2 heteroatoms. The smallest absolute Gasteiger partial charge is 0.0266 e. The van der Waals surface area contributed by atoms with Crippen LogP contribution in [0.2, 0.25) is 0 Å². The third-order valence-electron chi connectivity index (χ3n) is 3.21. The second-order valence-electron chi connectivity index (χ2n) is 4.62. The lowest BCUT2D eigenvalue weighted by atomic mass is 9.89. The Kier molecular flexibility index (Phi) is 6.20. The first-order chi connectivity index (χ1) is 6.83. The van der Waals surface area contributed by atoms with E-state index in [2.05, 4.69) is 6.92 Å². The predicted octanol–water partition coefficient (Wildman–Crippen LogP) is 3.45. The van der Waals surface area contributed by atoms with Crippen LogP contribution in [0.15, 0.2) is 0 Å². The van der Waals surface area contributed by atoms with E-state index in [1.807, 2.05) is 0 Å². The van der Waals surface area contributed by atoms with Gasteiger partial charge in [0.1, 0.15) is 0 Å². The Morgan fingerprint density at radius 1 is 1.14 bits per heavy atom. The fourth-order valence-corrected chi connectivity index (χ4v) is 2.30. The quantitative estimate of drug-likeness (QED) is 0.523. The fourth-order valence-electron chi connectivity index (χ4n) is 2.30. The molecule has 0 heterocycles.